The predicted molar refractivity (Wildman–Crippen MR) is 74.7 cm³/mol. The van der Waals surface area contributed by atoms with Gasteiger partial charge >= 0.3 is 0 Å². The van der Waals surface area contributed by atoms with E-state index < -0.39 is 0 Å². The smallest absolute Gasteiger partial charge is 0.0484 e. The van der Waals surface area contributed by atoms with Gasteiger partial charge in [-0.25, -0.2) is 0 Å². The summed E-state index contributed by atoms with van der Waals surface area (Å²) in [5, 5.41) is 0. The van der Waals surface area contributed by atoms with E-state index in [9.17, 15) is 0 Å². The zero-order chi connectivity index (χ0) is 13.0. The molecule has 4 heteroatoms. The van der Waals surface area contributed by atoms with Crippen LogP contribution in [-0.2, 0) is 4.74 Å². The van der Waals surface area contributed by atoms with E-state index in [1.807, 2.05) is 0 Å². The van der Waals surface area contributed by atoms with Crippen LogP contribution in [-0.4, -0.2) is 67.8 Å². The Kier molecular flexibility index (Phi) is 5.01. The van der Waals surface area contributed by atoms with E-state index in [0.717, 1.165) is 38.6 Å². The first-order chi connectivity index (χ1) is 8.63. The van der Waals surface area contributed by atoms with Crippen LogP contribution >= 0.6 is 0 Å². The molecule has 2 saturated heterocycles. The molecule has 0 saturated carbocycles. The molecule has 0 aromatic carbocycles. The van der Waals surface area contributed by atoms with Crippen LogP contribution in [0.25, 0.3) is 0 Å². The fourth-order valence-electron chi connectivity index (χ4n) is 3.24. The fourth-order valence-corrected chi connectivity index (χ4v) is 3.24. The molecule has 18 heavy (non-hydrogen) atoms. The Morgan fingerprint density at radius 1 is 1.28 bits per heavy atom. The van der Waals surface area contributed by atoms with Crippen molar-refractivity contribution < 1.29 is 4.74 Å². The number of piperidine rings is 1. The third-order valence-electron chi connectivity index (χ3n) is 4.68. The Balaban J connectivity index is 1.79. The lowest BCUT2D eigenvalue weighted by Gasteiger charge is -2.42. The summed E-state index contributed by atoms with van der Waals surface area (Å²) < 4.78 is 5.42. The number of nitrogens with two attached hydrogens (primary N) is 1. The van der Waals surface area contributed by atoms with Gasteiger partial charge in [-0.05, 0) is 52.4 Å². The second-order valence-electron chi connectivity index (χ2n) is 6.06. The van der Waals surface area contributed by atoms with Crippen molar-refractivity contribution in [1.82, 2.24) is 9.80 Å². The molecular weight excluding hydrogens is 226 g/mol. The van der Waals surface area contributed by atoms with Gasteiger partial charge in [-0.1, -0.05) is 6.92 Å². The van der Waals surface area contributed by atoms with Crippen LogP contribution in [0.2, 0.25) is 0 Å². The summed E-state index contributed by atoms with van der Waals surface area (Å²) in [4.78, 5) is 5.04. The molecule has 0 unspecified atom stereocenters. The summed E-state index contributed by atoms with van der Waals surface area (Å²) in [5.41, 5.74) is 6.47. The monoisotopic (exact) mass is 255 g/mol. The van der Waals surface area contributed by atoms with Gasteiger partial charge in [0.1, 0.15) is 0 Å². The Labute approximate surface area is 111 Å². The maximum Gasteiger partial charge on any atom is 0.0484 e. The number of likely N-dealkylation sites (N-methyl/N-ethyl adjacent to an activating group) is 1. The standard InChI is InChI=1S/C14H29N3O/c1-3-17-8-4-13(5-9-17)16(2)12-14(15)6-10-18-11-7-14/h13H,3-12,15H2,1-2H3. The molecule has 0 atom stereocenters. The van der Waals surface area contributed by atoms with Crippen LogP contribution in [0.3, 0.4) is 0 Å². The first-order valence-electron chi connectivity index (χ1n) is 7.42. The van der Waals surface area contributed by atoms with Gasteiger partial charge in [0.05, 0.1) is 0 Å². The van der Waals surface area contributed by atoms with Gasteiger partial charge in [-0.2, -0.15) is 0 Å². The summed E-state index contributed by atoms with van der Waals surface area (Å²) in [6, 6.07) is 0.719. The van der Waals surface area contributed by atoms with Crippen molar-refractivity contribution in [2.24, 2.45) is 5.73 Å². The van der Waals surface area contributed by atoms with E-state index >= 15 is 0 Å². The van der Waals surface area contributed by atoms with Crippen molar-refractivity contribution in [1.29, 1.82) is 0 Å². The second kappa shape index (κ2) is 6.33. The van der Waals surface area contributed by atoms with Gasteiger partial charge in [0.15, 0.2) is 0 Å². The highest BCUT2D eigenvalue weighted by Gasteiger charge is 2.32. The van der Waals surface area contributed by atoms with Crippen molar-refractivity contribution in [2.45, 2.75) is 44.2 Å². The molecule has 0 amide bonds. The van der Waals surface area contributed by atoms with Crippen molar-refractivity contribution in [3.8, 4) is 0 Å². The predicted octanol–water partition coefficient (Wildman–Crippen LogP) is 0.910. The minimum absolute atomic E-state index is 0.0190. The van der Waals surface area contributed by atoms with E-state index in [1.54, 1.807) is 0 Å². The normalized spacial score (nSPS) is 26.7. The molecule has 0 aromatic heterocycles. The van der Waals surface area contributed by atoms with E-state index in [4.69, 9.17) is 10.5 Å². The molecule has 0 bridgehead atoms. The zero-order valence-electron chi connectivity index (χ0n) is 12.0. The molecule has 0 aromatic rings. The quantitative estimate of drug-likeness (QED) is 0.811. The average molecular weight is 255 g/mol. The van der Waals surface area contributed by atoms with Gasteiger partial charge in [0.25, 0.3) is 0 Å². The zero-order valence-corrected chi connectivity index (χ0v) is 12.0. The molecule has 0 aliphatic carbocycles. The molecule has 2 N–H and O–H groups in total. The number of likely N-dealkylation sites (tertiary alicyclic amines) is 1. The minimum Gasteiger partial charge on any atom is -0.381 e. The van der Waals surface area contributed by atoms with E-state index in [-0.39, 0.29) is 5.54 Å². The molecule has 106 valence electrons. The number of hydrogen-bond acceptors (Lipinski definition) is 4. The third kappa shape index (κ3) is 3.67. The summed E-state index contributed by atoms with van der Waals surface area (Å²) >= 11 is 0. The Hall–Kier alpha value is -0.160. The number of nitrogens with zero attached hydrogens (tertiary/aromatic N) is 2. The summed E-state index contributed by atoms with van der Waals surface area (Å²) in [7, 11) is 2.25. The SMILES string of the molecule is CCN1CCC(N(C)CC2(N)CCOCC2)CC1. The highest BCUT2D eigenvalue weighted by molar-refractivity contribution is 4.91. The maximum absolute atomic E-state index is 6.49. The topological polar surface area (TPSA) is 41.7 Å². The van der Waals surface area contributed by atoms with Crippen LogP contribution < -0.4 is 5.73 Å². The molecule has 0 radical (unpaired) electrons. The first kappa shape index (κ1) is 14.3. The first-order valence-corrected chi connectivity index (χ1v) is 7.42. The molecular formula is C14H29N3O. The van der Waals surface area contributed by atoms with E-state index in [0.29, 0.717) is 0 Å². The lowest BCUT2D eigenvalue weighted by Crippen LogP contribution is -2.55. The van der Waals surface area contributed by atoms with Gasteiger partial charge in [0, 0.05) is 31.3 Å². The lowest BCUT2D eigenvalue weighted by atomic mass is 9.89. The fraction of sp³-hybridized carbons (Fsp3) is 1.00. The molecule has 2 rings (SSSR count). The van der Waals surface area contributed by atoms with Gasteiger partial charge in [-0.3, -0.25) is 0 Å². The third-order valence-corrected chi connectivity index (χ3v) is 4.68. The summed E-state index contributed by atoms with van der Waals surface area (Å²) in [5.74, 6) is 0. The average Bonchev–Trinajstić information content (AvgIpc) is 2.39. The van der Waals surface area contributed by atoms with Crippen molar-refractivity contribution in [3.63, 3.8) is 0 Å². The second-order valence-corrected chi connectivity index (χ2v) is 6.06. The minimum atomic E-state index is -0.0190. The Morgan fingerprint density at radius 2 is 1.89 bits per heavy atom. The number of hydrogen-bond donors (Lipinski definition) is 1. The van der Waals surface area contributed by atoms with E-state index in [2.05, 4.69) is 23.8 Å². The lowest BCUT2D eigenvalue weighted by molar-refractivity contribution is 0.0290. The number of ether oxygens (including phenoxy) is 1. The van der Waals surface area contributed by atoms with Crippen LogP contribution in [0, 0.1) is 0 Å². The molecule has 2 heterocycles. The largest absolute Gasteiger partial charge is 0.381 e. The molecule has 2 aliphatic rings. The van der Waals surface area contributed by atoms with Crippen LogP contribution in [0.15, 0.2) is 0 Å². The van der Waals surface area contributed by atoms with Gasteiger partial charge < -0.3 is 20.3 Å². The summed E-state index contributed by atoms with van der Waals surface area (Å²) in [6.45, 7) is 8.61. The van der Waals surface area contributed by atoms with Crippen LogP contribution in [0.4, 0.5) is 0 Å². The van der Waals surface area contributed by atoms with Crippen molar-refractivity contribution in [2.75, 3.05) is 46.4 Å². The molecule has 2 aliphatic heterocycles. The molecule has 2 fully saturated rings. The van der Waals surface area contributed by atoms with Gasteiger partial charge in [0.2, 0.25) is 0 Å². The molecule has 0 spiro atoms. The Bertz CT molecular complexity index is 245. The number of rotatable bonds is 4. The van der Waals surface area contributed by atoms with Crippen molar-refractivity contribution in [3.05, 3.63) is 0 Å². The van der Waals surface area contributed by atoms with Crippen LogP contribution in [0.5, 0.6) is 0 Å². The highest BCUT2D eigenvalue weighted by atomic mass is 16.5. The van der Waals surface area contributed by atoms with E-state index in [1.165, 1.54) is 32.5 Å². The maximum atomic E-state index is 6.49. The Morgan fingerprint density at radius 3 is 2.44 bits per heavy atom. The molecule has 4 nitrogen and oxygen atoms in total. The van der Waals surface area contributed by atoms with Crippen LogP contribution in [0.1, 0.15) is 32.6 Å². The highest BCUT2D eigenvalue weighted by Crippen LogP contribution is 2.22. The van der Waals surface area contributed by atoms with Gasteiger partial charge in [-0.15, -0.1) is 0 Å². The van der Waals surface area contributed by atoms with Crippen molar-refractivity contribution >= 4 is 0 Å². The summed E-state index contributed by atoms with van der Waals surface area (Å²) in [6.07, 6.45) is 4.59.